The Morgan fingerprint density at radius 2 is 1.86 bits per heavy atom. The molecule has 0 saturated heterocycles. The summed E-state index contributed by atoms with van der Waals surface area (Å²) in [5, 5.41) is 11.3. The van der Waals surface area contributed by atoms with Crippen LogP contribution in [0.1, 0.15) is 56.1 Å². The summed E-state index contributed by atoms with van der Waals surface area (Å²) in [6.07, 6.45) is 5.38. The summed E-state index contributed by atoms with van der Waals surface area (Å²) >= 11 is 1.75. The first-order valence-corrected chi connectivity index (χ1v) is 13.1. The molecule has 2 aromatic rings. The molecule has 1 saturated carbocycles. The van der Waals surface area contributed by atoms with Crippen LogP contribution in [-0.2, 0) is 20.8 Å². The fraction of sp³-hybridized carbons (Fsp3) is 0.370. The zero-order valence-corrected chi connectivity index (χ0v) is 21.0. The van der Waals surface area contributed by atoms with Gasteiger partial charge >= 0.3 is 5.97 Å². The number of ether oxygens (including phenoxy) is 2. The fourth-order valence-corrected chi connectivity index (χ4v) is 7.10. The van der Waals surface area contributed by atoms with Gasteiger partial charge in [0.25, 0.3) is 5.69 Å². The quantitative estimate of drug-likeness (QED) is 0.309. The van der Waals surface area contributed by atoms with Crippen LogP contribution < -0.4 is 5.73 Å². The number of rotatable bonds is 6. The van der Waals surface area contributed by atoms with Crippen LogP contribution in [0.25, 0.3) is 0 Å². The number of hydrogen-bond acceptors (Lipinski definition) is 8. The molecule has 9 heteroatoms. The van der Waals surface area contributed by atoms with Crippen molar-refractivity contribution in [2.24, 2.45) is 5.73 Å². The standard InChI is InChI=1S/C27H29N3O5S/c1-2-34-26(31)22-21(19-11-13-20(14-12-19)30(32)33)23-25(35-24(22)28)29(17-18-9-5-3-6-10-18)27(36-23)15-7-4-8-16-27/h3,5-6,9-14,21H,2,4,7-8,15-17,28H2,1H3. The van der Waals surface area contributed by atoms with Gasteiger partial charge in [-0.1, -0.05) is 73.5 Å². The number of carbonyl (C=O) groups excluding carboxylic acids is 1. The van der Waals surface area contributed by atoms with Gasteiger partial charge in [-0.2, -0.15) is 0 Å². The van der Waals surface area contributed by atoms with Crippen molar-refractivity contribution in [3.8, 4) is 0 Å². The molecule has 2 N–H and O–H groups in total. The number of carbonyl (C=O) groups is 1. The van der Waals surface area contributed by atoms with Gasteiger partial charge in [-0.05, 0) is 30.9 Å². The Bertz CT molecular complexity index is 1220. The van der Waals surface area contributed by atoms with Gasteiger partial charge in [0, 0.05) is 18.7 Å². The van der Waals surface area contributed by atoms with Crippen molar-refractivity contribution in [1.82, 2.24) is 4.90 Å². The zero-order chi connectivity index (χ0) is 25.3. The normalized spacial score (nSPS) is 20.8. The summed E-state index contributed by atoms with van der Waals surface area (Å²) in [6, 6.07) is 16.5. The van der Waals surface area contributed by atoms with E-state index in [-0.39, 0.29) is 28.6 Å². The molecule has 36 heavy (non-hydrogen) atoms. The van der Waals surface area contributed by atoms with Gasteiger partial charge < -0.3 is 20.1 Å². The molecule has 1 atom stereocenters. The summed E-state index contributed by atoms with van der Waals surface area (Å²) in [4.78, 5) is 26.9. The summed E-state index contributed by atoms with van der Waals surface area (Å²) < 4.78 is 11.6. The highest BCUT2D eigenvalue weighted by atomic mass is 32.2. The molecule has 1 unspecified atom stereocenters. The van der Waals surface area contributed by atoms with Gasteiger partial charge in [0.1, 0.15) is 5.57 Å². The van der Waals surface area contributed by atoms with Crippen LogP contribution in [0.3, 0.4) is 0 Å². The molecular weight excluding hydrogens is 478 g/mol. The maximum absolute atomic E-state index is 13.1. The minimum atomic E-state index is -0.537. The van der Waals surface area contributed by atoms with Gasteiger partial charge in [-0.25, -0.2) is 4.79 Å². The fourth-order valence-electron chi connectivity index (χ4n) is 5.33. The number of non-ortho nitro benzene ring substituents is 1. The molecule has 0 bridgehead atoms. The van der Waals surface area contributed by atoms with Gasteiger partial charge in [0.15, 0.2) is 0 Å². The number of hydrogen-bond donors (Lipinski definition) is 1. The van der Waals surface area contributed by atoms with E-state index in [1.165, 1.54) is 18.6 Å². The molecule has 8 nitrogen and oxygen atoms in total. The Morgan fingerprint density at radius 3 is 2.50 bits per heavy atom. The van der Waals surface area contributed by atoms with Gasteiger partial charge in [0.05, 0.1) is 27.2 Å². The minimum Gasteiger partial charge on any atom is -0.462 e. The average molecular weight is 508 g/mol. The number of benzene rings is 2. The van der Waals surface area contributed by atoms with E-state index in [4.69, 9.17) is 15.2 Å². The number of esters is 1. The van der Waals surface area contributed by atoms with E-state index in [1.54, 1.807) is 30.8 Å². The molecule has 2 heterocycles. The smallest absolute Gasteiger partial charge is 0.340 e. The maximum atomic E-state index is 13.1. The first kappa shape index (κ1) is 24.2. The van der Waals surface area contributed by atoms with Crippen LogP contribution in [0.2, 0.25) is 0 Å². The van der Waals surface area contributed by atoms with E-state index in [0.29, 0.717) is 12.4 Å². The Morgan fingerprint density at radius 1 is 1.17 bits per heavy atom. The third-order valence-corrected chi connectivity index (χ3v) is 8.66. The summed E-state index contributed by atoms with van der Waals surface area (Å²) in [7, 11) is 0. The lowest BCUT2D eigenvalue weighted by atomic mass is 9.88. The number of nitro benzene ring substituents is 1. The van der Waals surface area contributed by atoms with E-state index < -0.39 is 16.8 Å². The summed E-state index contributed by atoms with van der Waals surface area (Å²) in [5.74, 6) is -0.385. The number of nitrogens with two attached hydrogens (primary N) is 1. The Labute approximate surface area is 214 Å². The van der Waals surface area contributed by atoms with E-state index >= 15 is 0 Å². The highest BCUT2D eigenvalue weighted by molar-refractivity contribution is 8.04. The molecular formula is C27H29N3O5S. The predicted molar refractivity (Wildman–Crippen MR) is 137 cm³/mol. The van der Waals surface area contributed by atoms with E-state index in [2.05, 4.69) is 17.0 Å². The molecule has 0 amide bonds. The number of allylic oxidation sites excluding steroid dienone is 1. The SMILES string of the molecule is CCOC(=O)C1=C(N)OC2=C(SC3(CCCCC3)N2Cc2ccccc2)C1c1ccc([N+](=O)[O-])cc1. The predicted octanol–water partition coefficient (Wildman–Crippen LogP) is 5.52. The molecule has 1 aliphatic carbocycles. The Balaban J connectivity index is 1.62. The van der Waals surface area contributed by atoms with Crippen LogP contribution in [0.15, 0.2) is 76.8 Å². The van der Waals surface area contributed by atoms with Gasteiger partial charge in [0.2, 0.25) is 11.8 Å². The van der Waals surface area contributed by atoms with Crippen molar-refractivity contribution in [2.45, 2.75) is 56.4 Å². The number of thioether (sulfide) groups is 1. The molecule has 2 aromatic carbocycles. The van der Waals surface area contributed by atoms with Crippen molar-refractivity contribution >= 4 is 23.4 Å². The second kappa shape index (κ2) is 9.89. The first-order valence-electron chi connectivity index (χ1n) is 12.3. The minimum absolute atomic E-state index is 0.0109. The van der Waals surface area contributed by atoms with Crippen LogP contribution in [0.5, 0.6) is 0 Å². The summed E-state index contributed by atoms with van der Waals surface area (Å²) in [6.45, 7) is 2.60. The van der Waals surface area contributed by atoms with E-state index in [9.17, 15) is 14.9 Å². The third kappa shape index (κ3) is 4.32. The highest BCUT2D eigenvalue weighted by Gasteiger charge is 2.53. The lowest BCUT2D eigenvalue weighted by Gasteiger charge is -2.42. The highest BCUT2D eigenvalue weighted by Crippen LogP contribution is 2.60. The molecule has 2 aliphatic heterocycles. The van der Waals surface area contributed by atoms with Crippen molar-refractivity contribution in [3.63, 3.8) is 0 Å². The molecule has 1 fully saturated rings. The maximum Gasteiger partial charge on any atom is 0.340 e. The molecule has 0 aromatic heterocycles. The molecule has 1 spiro atoms. The van der Waals surface area contributed by atoms with Crippen molar-refractivity contribution < 1.29 is 19.2 Å². The van der Waals surface area contributed by atoms with Crippen LogP contribution in [0, 0.1) is 10.1 Å². The molecule has 3 aliphatic rings. The lowest BCUT2D eigenvalue weighted by molar-refractivity contribution is -0.384. The second-order valence-electron chi connectivity index (χ2n) is 9.23. The van der Waals surface area contributed by atoms with Gasteiger partial charge in [-0.3, -0.25) is 10.1 Å². The zero-order valence-electron chi connectivity index (χ0n) is 20.1. The monoisotopic (exact) mass is 507 g/mol. The van der Waals surface area contributed by atoms with Gasteiger partial charge in [-0.15, -0.1) is 0 Å². The number of nitrogens with zero attached hydrogens (tertiary/aromatic N) is 2. The van der Waals surface area contributed by atoms with Crippen LogP contribution in [0.4, 0.5) is 5.69 Å². The Hall–Kier alpha value is -3.46. The summed E-state index contributed by atoms with van der Waals surface area (Å²) in [5.41, 5.74) is 8.55. The van der Waals surface area contributed by atoms with Crippen molar-refractivity contribution in [2.75, 3.05) is 6.61 Å². The molecule has 0 radical (unpaired) electrons. The van der Waals surface area contributed by atoms with Crippen LogP contribution >= 0.6 is 11.8 Å². The van der Waals surface area contributed by atoms with Crippen molar-refractivity contribution in [3.05, 3.63) is 98.1 Å². The topological polar surface area (TPSA) is 108 Å². The molecule has 188 valence electrons. The lowest BCUT2D eigenvalue weighted by Crippen LogP contribution is -2.44. The first-order chi connectivity index (χ1) is 17.4. The van der Waals surface area contributed by atoms with E-state index in [1.807, 2.05) is 18.2 Å². The van der Waals surface area contributed by atoms with E-state index in [0.717, 1.165) is 41.7 Å². The Kier molecular flexibility index (Phi) is 6.66. The number of nitro groups is 1. The molecule has 5 rings (SSSR count). The third-order valence-electron chi connectivity index (χ3n) is 7.02. The second-order valence-corrected chi connectivity index (χ2v) is 10.6. The van der Waals surface area contributed by atoms with Crippen LogP contribution in [-0.4, -0.2) is 27.3 Å². The largest absolute Gasteiger partial charge is 0.462 e. The average Bonchev–Trinajstić information content (AvgIpc) is 3.16. The van der Waals surface area contributed by atoms with Crippen molar-refractivity contribution in [1.29, 1.82) is 0 Å².